The molecule has 136 valence electrons. The topological polar surface area (TPSA) is 56.8 Å². The Kier molecular flexibility index (Phi) is 4.89. The van der Waals surface area contributed by atoms with Gasteiger partial charge in [-0.2, -0.15) is 0 Å². The molecule has 0 spiro atoms. The molecule has 2 N–H and O–H groups in total. The highest BCUT2D eigenvalue weighted by molar-refractivity contribution is 5.79. The zero-order valence-electron chi connectivity index (χ0n) is 15.6. The van der Waals surface area contributed by atoms with Crippen molar-refractivity contribution in [2.24, 2.45) is 0 Å². The fourth-order valence-corrected chi connectivity index (χ4v) is 3.77. The molecule has 4 rings (SSSR count). The molecule has 5 nitrogen and oxygen atoms in total. The van der Waals surface area contributed by atoms with Crippen LogP contribution in [0.25, 0.3) is 10.9 Å². The Morgan fingerprint density at radius 3 is 2.88 bits per heavy atom. The second-order valence-electron chi connectivity index (χ2n) is 7.16. The first-order valence-corrected chi connectivity index (χ1v) is 9.60. The molecular weight excluding hydrogens is 322 g/mol. The van der Waals surface area contributed by atoms with Crippen molar-refractivity contribution in [2.45, 2.75) is 45.7 Å². The molecule has 1 aliphatic heterocycles. The Bertz CT molecular complexity index is 877. The van der Waals surface area contributed by atoms with Crippen LogP contribution in [0.1, 0.15) is 36.7 Å². The fourth-order valence-electron chi connectivity index (χ4n) is 3.77. The van der Waals surface area contributed by atoms with Crippen LogP contribution in [-0.4, -0.2) is 34.1 Å². The second-order valence-corrected chi connectivity index (χ2v) is 7.16. The fraction of sp³-hybridized carbons (Fsp3) is 0.429. The van der Waals surface area contributed by atoms with Gasteiger partial charge >= 0.3 is 0 Å². The molecule has 2 aromatic heterocycles. The van der Waals surface area contributed by atoms with Gasteiger partial charge in [-0.15, -0.1) is 0 Å². The summed E-state index contributed by atoms with van der Waals surface area (Å²) in [6, 6.07) is 9.33. The Morgan fingerprint density at radius 1 is 1.23 bits per heavy atom. The minimum Gasteiger partial charge on any atom is -0.361 e. The zero-order chi connectivity index (χ0) is 17.9. The molecule has 3 heterocycles. The van der Waals surface area contributed by atoms with Crippen LogP contribution in [-0.2, 0) is 13.0 Å². The highest BCUT2D eigenvalue weighted by Crippen LogP contribution is 2.23. The number of aryl methyl sites for hydroxylation is 2. The number of nitrogens with one attached hydrogen (secondary N) is 2. The van der Waals surface area contributed by atoms with Gasteiger partial charge in [0, 0.05) is 49.1 Å². The number of fused-ring (bicyclic) bond motifs is 1. The molecule has 3 aromatic rings. The number of aromatic nitrogens is 3. The van der Waals surface area contributed by atoms with Crippen molar-refractivity contribution in [3.63, 3.8) is 0 Å². The van der Waals surface area contributed by atoms with E-state index in [1.807, 2.05) is 19.3 Å². The molecule has 0 radical (unpaired) electrons. The number of benzene rings is 1. The highest BCUT2D eigenvalue weighted by Gasteiger charge is 2.21. The van der Waals surface area contributed by atoms with Gasteiger partial charge in [-0.05, 0) is 49.3 Å². The maximum absolute atomic E-state index is 4.70. The summed E-state index contributed by atoms with van der Waals surface area (Å²) in [6.07, 6.45) is 7.26. The van der Waals surface area contributed by atoms with Crippen LogP contribution in [0.2, 0.25) is 0 Å². The SMILES string of the molecule is CCc1cnc(C)nc1N1CCC(NCc2ccc3cc[nH]c3c2)CC1. The number of hydrogen-bond donors (Lipinski definition) is 2. The molecular formula is C21H27N5. The van der Waals surface area contributed by atoms with E-state index in [0.717, 1.165) is 50.5 Å². The van der Waals surface area contributed by atoms with E-state index < -0.39 is 0 Å². The monoisotopic (exact) mass is 349 g/mol. The molecule has 1 fully saturated rings. The van der Waals surface area contributed by atoms with E-state index in [1.165, 1.54) is 22.0 Å². The Morgan fingerprint density at radius 2 is 2.08 bits per heavy atom. The van der Waals surface area contributed by atoms with E-state index in [0.29, 0.717) is 6.04 Å². The Hall–Kier alpha value is -2.40. The van der Waals surface area contributed by atoms with Gasteiger partial charge in [0.25, 0.3) is 0 Å². The normalized spacial score (nSPS) is 15.7. The Labute approximate surface area is 154 Å². The number of H-pyrrole nitrogens is 1. The van der Waals surface area contributed by atoms with E-state index in [1.54, 1.807) is 0 Å². The molecule has 26 heavy (non-hydrogen) atoms. The molecule has 0 atom stereocenters. The molecule has 0 unspecified atom stereocenters. The number of aromatic amines is 1. The lowest BCUT2D eigenvalue weighted by Crippen LogP contribution is -2.43. The van der Waals surface area contributed by atoms with Crippen LogP contribution in [0.5, 0.6) is 0 Å². The third kappa shape index (κ3) is 3.58. The molecule has 1 aliphatic rings. The maximum Gasteiger partial charge on any atom is 0.135 e. The summed E-state index contributed by atoms with van der Waals surface area (Å²) in [4.78, 5) is 14.8. The van der Waals surface area contributed by atoms with Gasteiger partial charge in [0.15, 0.2) is 0 Å². The van der Waals surface area contributed by atoms with Crippen molar-refractivity contribution in [3.8, 4) is 0 Å². The predicted molar refractivity (Wildman–Crippen MR) is 107 cm³/mol. The van der Waals surface area contributed by atoms with E-state index in [-0.39, 0.29) is 0 Å². The number of nitrogens with zero attached hydrogens (tertiary/aromatic N) is 3. The summed E-state index contributed by atoms with van der Waals surface area (Å²) in [7, 11) is 0. The quantitative estimate of drug-likeness (QED) is 0.739. The van der Waals surface area contributed by atoms with Gasteiger partial charge < -0.3 is 15.2 Å². The third-order valence-corrected chi connectivity index (χ3v) is 5.35. The van der Waals surface area contributed by atoms with Crippen molar-refractivity contribution < 1.29 is 0 Å². The minimum absolute atomic E-state index is 0.568. The van der Waals surface area contributed by atoms with Gasteiger partial charge in [0.05, 0.1) is 0 Å². The summed E-state index contributed by atoms with van der Waals surface area (Å²) in [5, 5.41) is 5.01. The lowest BCUT2D eigenvalue weighted by molar-refractivity contribution is 0.412. The van der Waals surface area contributed by atoms with E-state index in [2.05, 4.69) is 51.4 Å². The summed E-state index contributed by atoms with van der Waals surface area (Å²) >= 11 is 0. The van der Waals surface area contributed by atoms with Crippen molar-refractivity contribution in [3.05, 3.63) is 53.6 Å². The van der Waals surface area contributed by atoms with Crippen molar-refractivity contribution in [1.82, 2.24) is 20.3 Å². The van der Waals surface area contributed by atoms with Gasteiger partial charge in [-0.3, -0.25) is 0 Å². The molecule has 0 saturated carbocycles. The second kappa shape index (κ2) is 7.46. The minimum atomic E-state index is 0.568. The molecule has 0 aliphatic carbocycles. The predicted octanol–water partition coefficient (Wildman–Crippen LogP) is 3.59. The molecule has 0 amide bonds. The van der Waals surface area contributed by atoms with Crippen LogP contribution in [0.15, 0.2) is 36.7 Å². The van der Waals surface area contributed by atoms with E-state index >= 15 is 0 Å². The number of anilines is 1. The first-order chi connectivity index (χ1) is 12.7. The molecule has 5 heteroatoms. The Balaban J connectivity index is 1.34. The van der Waals surface area contributed by atoms with Gasteiger partial charge in [0.1, 0.15) is 11.6 Å². The first-order valence-electron chi connectivity index (χ1n) is 9.60. The highest BCUT2D eigenvalue weighted by atomic mass is 15.2. The average Bonchev–Trinajstić information content (AvgIpc) is 3.14. The van der Waals surface area contributed by atoms with Crippen LogP contribution in [0, 0.1) is 6.92 Å². The lowest BCUT2D eigenvalue weighted by atomic mass is 10.0. The smallest absolute Gasteiger partial charge is 0.135 e. The van der Waals surface area contributed by atoms with Crippen LogP contribution < -0.4 is 10.2 Å². The van der Waals surface area contributed by atoms with Gasteiger partial charge in [-0.1, -0.05) is 19.1 Å². The standard InChI is InChI=1S/C21H27N5/c1-3-17-14-23-15(2)25-21(17)26-10-7-19(8-11-26)24-13-16-4-5-18-6-9-22-20(18)12-16/h4-6,9,12,14,19,22,24H,3,7-8,10-11,13H2,1-2H3. The third-order valence-electron chi connectivity index (χ3n) is 5.35. The van der Waals surface area contributed by atoms with Crippen molar-refractivity contribution in [1.29, 1.82) is 0 Å². The summed E-state index contributed by atoms with van der Waals surface area (Å²) in [5.74, 6) is 1.99. The average molecular weight is 349 g/mol. The van der Waals surface area contributed by atoms with Crippen LogP contribution >= 0.6 is 0 Å². The molecule has 1 saturated heterocycles. The molecule has 1 aromatic carbocycles. The summed E-state index contributed by atoms with van der Waals surface area (Å²) in [5.41, 5.74) is 3.80. The number of piperidine rings is 1. The summed E-state index contributed by atoms with van der Waals surface area (Å²) in [6.45, 7) is 7.17. The lowest BCUT2D eigenvalue weighted by Gasteiger charge is -2.34. The maximum atomic E-state index is 4.70. The van der Waals surface area contributed by atoms with Crippen LogP contribution in [0.4, 0.5) is 5.82 Å². The van der Waals surface area contributed by atoms with E-state index in [4.69, 9.17) is 4.98 Å². The van der Waals surface area contributed by atoms with Crippen molar-refractivity contribution >= 4 is 16.7 Å². The van der Waals surface area contributed by atoms with Crippen LogP contribution in [0.3, 0.4) is 0 Å². The summed E-state index contributed by atoms with van der Waals surface area (Å²) < 4.78 is 0. The zero-order valence-corrected chi connectivity index (χ0v) is 15.6. The van der Waals surface area contributed by atoms with Gasteiger partial charge in [0.2, 0.25) is 0 Å². The number of rotatable bonds is 5. The number of hydrogen-bond acceptors (Lipinski definition) is 4. The van der Waals surface area contributed by atoms with Gasteiger partial charge in [-0.25, -0.2) is 9.97 Å². The molecule has 0 bridgehead atoms. The van der Waals surface area contributed by atoms with Crippen molar-refractivity contribution in [2.75, 3.05) is 18.0 Å². The van der Waals surface area contributed by atoms with E-state index in [9.17, 15) is 0 Å². The largest absolute Gasteiger partial charge is 0.361 e. The first kappa shape index (κ1) is 17.0.